The van der Waals surface area contributed by atoms with Gasteiger partial charge in [0.05, 0.1) is 24.5 Å². The van der Waals surface area contributed by atoms with E-state index >= 15 is 0 Å². The van der Waals surface area contributed by atoms with Crippen LogP contribution in [0, 0.1) is 6.92 Å². The van der Waals surface area contributed by atoms with Crippen LogP contribution in [-0.4, -0.2) is 68.8 Å². The fraction of sp³-hybridized carbons (Fsp3) is 0.375. The summed E-state index contributed by atoms with van der Waals surface area (Å²) in [5, 5.41) is 3.01. The van der Waals surface area contributed by atoms with Crippen molar-refractivity contribution in [3.05, 3.63) is 83.4 Å². The zero-order chi connectivity index (χ0) is 28.0. The number of hydrogen-bond donors (Lipinski definition) is 1. The van der Waals surface area contributed by atoms with E-state index in [1.807, 2.05) is 95.4 Å². The Labute approximate surface area is 231 Å². The van der Waals surface area contributed by atoms with Crippen LogP contribution in [0.5, 0.6) is 0 Å². The Bertz CT molecular complexity index is 1290. The van der Waals surface area contributed by atoms with E-state index < -0.39 is 11.6 Å². The molecule has 1 saturated heterocycles. The third-order valence-corrected chi connectivity index (χ3v) is 6.76. The summed E-state index contributed by atoms with van der Waals surface area (Å²) in [5.41, 5.74) is 4.34. The number of anilines is 2. The molecule has 7 nitrogen and oxygen atoms in total. The quantitative estimate of drug-likeness (QED) is 0.381. The molecule has 1 fully saturated rings. The maximum absolute atomic E-state index is 13.6. The molecule has 1 heterocycles. The van der Waals surface area contributed by atoms with Gasteiger partial charge in [-0.25, -0.2) is 4.79 Å². The van der Waals surface area contributed by atoms with Crippen LogP contribution < -0.4 is 10.2 Å². The number of nitrogens with zero attached hydrogens (tertiary/aromatic N) is 2. The van der Waals surface area contributed by atoms with Crippen molar-refractivity contribution in [3.63, 3.8) is 0 Å². The molecule has 1 aliphatic rings. The summed E-state index contributed by atoms with van der Waals surface area (Å²) in [4.78, 5) is 31.2. The van der Waals surface area contributed by atoms with Crippen molar-refractivity contribution in [2.45, 2.75) is 33.3 Å². The highest BCUT2D eigenvalue weighted by Crippen LogP contribution is 2.29. The second kappa shape index (κ2) is 12.5. The monoisotopic (exact) mass is 529 g/mol. The Hall–Kier alpha value is -3.68. The van der Waals surface area contributed by atoms with Gasteiger partial charge in [-0.1, -0.05) is 42.5 Å². The van der Waals surface area contributed by atoms with E-state index in [0.29, 0.717) is 16.8 Å². The second-order valence-corrected chi connectivity index (χ2v) is 11.0. The first-order valence-electron chi connectivity index (χ1n) is 13.5. The van der Waals surface area contributed by atoms with Crippen molar-refractivity contribution in [2.24, 2.45) is 0 Å². The highest BCUT2D eigenvalue weighted by atomic mass is 16.6. The van der Waals surface area contributed by atoms with Crippen molar-refractivity contribution in [2.75, 3.05) is 56.7 Å². The number of benzene rings is 3. The van der Waals surface area contributed by atoms with Crippen LogP contribution in [0.25, 0.3) is 11.1 Å². The van der Waals surface area contributed by atoms with Gasteiger partial charge in [0.15, 0.2) is 0 Å². The average Bonchev–Trinajstić information content (AvgIpc) is 2.92. The Morgan fingerprint density at radius 1 is 0.949 bits per heavy atom. The van der Waals surface area contributed by atoms with E-state index in [-0.39, 0.29) is 5.91 Å². The molecule has 206 valence electrons. The zero-order valence-corrected chi connectivity index (χ0v) is 23.6. The molecule has 0 radical (unpaired) electrons. The summed E-state index contributed by atoms with van der Waals surface area (Å²) < 4.78 is 11.1. The highest BCUT2D eigenvalue weighted by Gasteiger charge is 2.23. The molecule has 1 amide bonds. The van der Waals surface area contributed by atoms with Gasteiger partial charge in [-0.05, 0) is 68.7 Å². The van der Waals surface area contributed by atoms with E-state index in [0.717, 1.165) is 61.8 Å². The number of morpholine rings is 1. The van der Waals surface area contributed by atoms with Crippen LogP contribution in [0.3, 0.4) is 0 Å². The summed E-state index contributed by atoms with van der Waals surface area (Å²) in [5.74, 6) is -0.753. The minimum absolute atomic E-state index is 0.272. The van der Waals surface area contributed by atoms with E-state index in [9.17, 15) is 9.59 Å². The lowest BCUT2D eigenvalue weighted by atomic mass is 10.0. The smallest absolute Gasteiger partial charge is 0.340 e. The zero-order valence-electron chi connectivity index (χ0n) is 23.6. The summed E-state index contributed by atoms with van der Waals surface area (Å²) in [7, 11) is 2.04. The van der Waals surface area contributed by atoms with Gasteiger partial charge in [0.1, 0.15) is 5.60 Å². The number of carbonyl (C=O) groups excluding carboxylic acids is 2. The Morgan fingerprint density at radius 2 is 1.67 bits per heavy atom. The summed E-state index contributed by atoms with van der Waals surface area (Å²) in [6.07, 6.45) is 0. The predicted octanol–water partition coefficient (Wildman–Crippen LogP) is 5.64. The third kappa shape index (κ3) is 7.68. The second-order valence-electron chi connectivity index (χ2n) is 11.0. The molecule has 0 atom stereocenters. The maximum Gasteiger partial charge on any atom is 0.340 e. The van der Waals surface area contributed by atoms with Crippen LogP contribution in [0.2, 0.25) is 0 Å². The number of carbonyl (C=O) groups is 2. The average molecular weight is 530 g/mol. The number of nitrogens with one attached hydrogen (secondary N) is 1. The molecule has 0 bridgehead atoms. The first-order valence-corrected chi connectivity index (χ1v) is 13.5. The van der Waals surface area contributed by atoms with E-state index in [4.69, 9.17) is 9.47 Å². The van der Waals surface area contributed by atoms with Crippen molar-refractivity contribution in [1.82, 2.24) is 4.90 Å². The first kappa shape index (κ1) is 28.3. The molecular formula is C32H39N3O4. The largest absolute Gasteiger partial charge is 0.456 e. The van der Waals surface area contributed by atoms with Gasteiger partial charge < -0.3 is 19.7 Å². The molecule has 0 aliphatic carbocycles. The molecule has 3 aromatic carbocycles. The van der Waals surface area contributed by atoms with Crippen molar-refractivity contribution in [1.29, 1.82) is 0 Å². The number of likely N-dealkylation sites (N-methyl/N-ethyl adjacent to an activating group) is 1. The van der Waals surface area contributed by atoms with E-state index in [2.05, 4.69) is 15.1 Å². The van der Waals surface area contributed by atoms with Crippen LogP contribution >= 0.6 is 0 Å². The van der Waals surface area contributed by atoms with Crippen molar-refractivity contribution in [3.8, 4) is 11.1 Å². The van der Waals surface area contributed by atoms with E-state index in [1.165, 1.54) is 0 Å². The van der Waals surface area contributed by atoms with Crippen LogP contribution in [0.1, 0.15) is 47.1 Å². The highest BCUT2D eigenvalue weighted by molar-refractivity contribution is 6.09. The Morgan fingerprint density at radius 3 is 2.36 bits per heavy atom. The number of amides is 1. The molecule has 0 spiro atoms. The molecule has 4 rings (SSSR count). The standard InChI is InChI=1S/C32H39N3O4/c1-23-11-13-26(34(5)15-16-35-17-19-38-20-18-35)22-28(23)30(36)33-29-21-25(24-9-7-6-8-10-24)12-14-27(29)31(37)39-32(2,3)4/h6-14,21-22H,15-20H2,1-5H3,(H,33,36). The van der Waals surface area contributed by atoms with Gasteiger partial charge in [-0.15, -0.1) is 0 Å². The number of aryl methyl sites for hydroxylation is 1. The molecule has 0 saturated carbocycles. The molecule has 1 N–H and O–H groups in total. The minimum Gasteiger partial charge on any atom is -0.456 e. The molecule has 0 aromatic heterocycles. The number of rotatable bonds is 8. The fourth-order valence-corrected chi connectivity index (χ4v) is 4.50. The van der Waals surface area contributed by atoms with Crippen molar-refractivity contribution < 1.29 is 19.1 Å². The number of ether oxygens (including phenoxy) is 2. The molecule has 3 aromatic rings. The molecule has 39 heavy (non-hydrogen) atoms. The molecule has 1 aliphatic heterocycles. The summed E-state index contributed by atoms with van der Waals surface area (Å²) >= 11 is 0. The SMILES string of the molecule is Cc1ccc(N(C)CCN2CCOCC2)cc1C(=O)Nc1cc(-c2ccccc2)ccc1C(=O)OC(C)(C)C. The Kier molecular flexibility index (Phi) is 9.04. The maximum atomic E-state index is 13.6. The topological polar surface area (TPSA) is 71.1 Å². The van der Waals surface area contributed by atoms with Gasteiger partial charge in [-0.2, -0.15) is 0 Å². The molecule has 7 heteroatoms. The normalized spacial score (nSPS) is 14.1. The molecule has 0 unspecified atom stereocenters. The van der Waals surface area contributed by atoms with Crippen LogP contribution in [0.15, 0.2) is 66.7 Å². The van der Waals surface area contributed by atoms with Gasteiger partial charge in [0.25, 0.3) is 5.91 Å². The van der Waals surface area contributed by atoms with Gasteiger partial charge in [0.2, 0.25) is 0 Å². The first-order chi connectivity index (χ1) is 18.6. The van der Waals surface area contributed by atoms with Gasteiger partial charge >= 0.3 is 5.97 Å². The van der Waals surface area contributed by atoms with Crippen molar-refractivity contribution >= 4 is 23.3 Å². The Balaban J connectivity index is 1.58. The van der Waals surface area contributed by atoms with E-state index in [1.54, 1.807) is 6.07 Å². The predicted molar refractivity (Wildman–Crippen MR) is 157 cm³/mol. The fourth-order valence-electron chi connectivity index (χ4n) is 4.50. The van der Waals surface area contributed by atoms with Crippen LogP contribution in [0.4, 0.5) is 11.4 Å². The summed E-state index contributed by atoms with van der Waals surface area (Å²) in [6, 6.07) is 21.2. The molecular weight excluding hydrogens is 490 g/mol. The third-order valence-electron chi connectivity index (χ3n) is 6.76. The summed E-state index contributed by atoms with van der Waals surface area (Å²) in [6.45, 7) is 12.6. The number of hydrogen-bond acceptors (Lipinski definition) is 6. The minimum atomic E-state index is -0.660. The number of esters is 1. The van der Waals surface area contributed by atoms with Crippen LogP contribution in [-0.2, 0) is 9.47 Å². The van der Waals surface area contributed by atoms with Gasteiger partial charge in [-0.3, -0.25) is 9.69 Å². The lowest BCUT2D eigenvalue weighted by molar-refractivity contribution is 0.00707. The van der Waals surface area contributed by atoms with Gasteiger partial charge in [0, 0.05) is 44.5 Å². The lowest BCUT2D eigenvalue weighted by Gasteiger charge is -2.29. The lowest BCUT2D eigenvalue weighted by Crippen LogP contribution is -2.40.